The second-order valence-corrected chi connectivity index (χ2v) is 7.16. The first-order valence-corrected chi connectivity index (χ1v) is 9.49. The van der Waals surface area contributed by atoms with E-state index >= 15 is 0 Å². The maximum Gasteiger partial charge on any atom is 0.0557 e. The van der Waals surface area contributed by atoms with Crippen LogP contribution < -0.4 is 5.32 Å². The van der Waals surface area contributed by atoms with Gasteiger partial charge in [-0.05, 0) is 36.5 Å². The Labute approximate surface area is 151 Å². The van der Waals surface area contributed by atoms with E-state index in [1.165, 1.54) is 37.7 Å². The number of nitrogens with zero attached hydrogens (tertiary/aromatic N) is 4. The van der Waals surface area contributed by atoms with Gasteiger partial charge >= 0.3 is 0 Å². The van der Waals surface area contributed by atoms with E-state index in [1.807, 2.05) is 12.1 Å². The average molecular weight is 342 g/mol. The SMILES string of the molecule is C=C1C(C2CCCCC2)N(Cc2ccc(NC)cc2)CCN1N=NC. The molecule has 1 aliphatic heterocycles. The molecule has 5 heteroatoms. The maximum absolute atomic E-state index is 4.41. The Bertz CT molecular complexity index is 589. The van der Waals surface area contributed by atoms with Crippen LogP contribution in [0.15, 0.2) is 46.9 Å². The highest BCUT2D eigenvalue weighted by Crippen LogP contribution is 2.36. The standard InChI is InChI=1S/C20H31N5/c1-16-20(18-7-5-4-6-8-18)24(13-14-25(16)23-22-3)15-17-9-11-19(21-2)12-10-17/h9-12,18,20-21H,1,4-8,13-15H2,2-3H3. The lowest BCUT2D eigenvalue weighted by molar-refractivity contribution is 0.0621. The Morgan fingerprint density at radius 2 is 1.84 bits per heavy atom. The summed E-state index contributed by atoms with van der Waals surface area (Å²) in [5.74, 6) is 0.688. The van der Waals surface area contributed by atoms with Crippen molar-refractivity contribution in [3.63, 3.8) is 0 Å². The molecule has 1 N–H and O–H groups in total. The van der Waals surface area contributed by atoms with Gasteiger partial charge in [-0.2, -0.15) is 5.11 Å². The second-order valence-electron chi connectivity index (χ2n) is 7.16. The van der Waals surface area contributed by atoms with E-state index < -0.39 is 0 Å². The van der Waals surface area contributed by atoms with Crippen molar-refractivity contribution in [1.29, 1.82) is 0 Å². The average Bonchev–Trinajstić information content (AvgIpc) is 2.65. The zero-order valence-corrected chi connectivity index (χ0v) is 15.6. The van der Waals surface area contributed by atoms with Crippen LogP contribution in [0.4, 0.5) is 5.69 Å². The number of anilines is 1. The molecule has 1 atom stereocenters. The van der Waals surface area contributed by atoms with Crippen molar-refractivity contribution in [2.45, 2.75) is 44.7 Å². The summed E-state index contributed by atoms with van der Waals surface area (Å²) in [6.45, 7) is 7.26. The minimum atomic E-state index is 0.378. The summed E-state index contributed by atoms with van der Waals surface area (Å²) in [6, 6.07) is 9.14. The van der Waals surface area contributed by atoms with E-state index in [-0.39, 0.29) is 0 Å². The lowest BCUT2D eigenvalue weighted by Crippen LogP contribution is -2.52. The molecule has 2 fully saturated rings. The van der Waals surface area contributed by atoms with E-state index in [9.17, 15) is 0 Å². The van der Waals surface area contributed by atoms with Crippen LogP contribution in [-0.4, -0.2) is 43.1 Å². The van der Waals surface area contributed by atoms with Gasteiger partial charge in [0.2, 0.25) is 0 Å². The molecular weight excluding hydrogens is 310 g/mol. The largest absolute Gasteiger partial charge is 0.388 e. The maximum atomic E-state index is 4.41. The van der Waals surface area contributed by atoms with Crippen LogP contribution >= 0.6 is 0 Å². The molecule has 1 unspecified atom stereocenters. The third-order valence-corrected chi connectivity index (χ3v) is 5.59. The van der Waals surface area contributed by atoms with Crippen LogP contribution in [0.1, 0.15) is 37.7 Å². The highest BCUT2D eigenvalue weighted by atomic mass is 15.6. The van der Waals surface area contributed by atoms with Gasteiger partial charge in [0.15, 0.2) is 0 Å². The fourth-order valence-corrected chi connectivity index (χ4v) is 4.29. The predicted octanol–water partition coefficient (Wildman–Crippen LogP) is 4.31. The summed E-state index contributed by atoms with van der Waals surface area (Å²) < 4.78 is 0. The fraction of sp³-hybridized carbons (Fsp3) is 0.600. The van der Waals surface area contributed by atoms with Crippen LogP contribution in [0.3, 0.4) is 0 Å². The molecule has 0 spiro atoms. The van der Waals surface area contributed by atoms with Gasteiger partial charge in [-0.25, -0.2) is 5.01 Å². The Morgan fingerprint density at radius 1 is 1.12 bits per heavy atom. The fourth-order valence-electron chi connectivity index (χ4n) is 4.29. The van der Waals surface area contributed by atoms with Gasteiger partial charge in [0.05, 0.1) is 19.6 Å². The van der Waals surface area contributed by atoms with E-state index in [1.54, 1.807) is 7.05 Å². The molecular formula is C20H31N5. The summed E-state index contributed by atoms with van der Waals surface area (Å²) in [5.41, 5.74) is 3.64. The number of rotatable bonds is 5. The third-order valence-electron chi connectivity index (χ3n) is 5.59. The molecule has 0 aromatic heterocycles. The van der Waals surface area contributed by atoms with Gasteiger partial charge in [-0.1, -0.05) is 43.2 Å². The van der Waals surface area contributed by atoms with Crippen LogP contribution in [-0.2, 0) is 6.54 Å². The van der Waals surface area contributed by atoms with E-state index in [4.69, 9.17) is 0 Å². The number of nitrogens with one attached hydrogen (secondary N) is 1. The first-order chi connectivity index (χ1) is 12.2. The van der Waals surface area contributed by atoms with Crippen LogP contribution in [0, 0.1) is 5.92 Å². The molecule has 1 aromatic carbocycles. The number of benzene rings is 1. The molecule has 1 aliphatic carbocycles. The van der Waals surface area contributed by atoms with Gasteiger partial charge in [0.25, 0.3) is 0 Å². The topological polar surface area (TPSA) is 43.2 Å². The molecule has 136 valence electrons. The highest BCUT2D eigenvalue weighted by Gasteiger charge is 2.36. The monoisotopic (exact) mass is 341 g/mol. The first-order valence-electron chi connectivity index (χ1n) is 9.49. The van der Waals surface area contributed by atoms with Gasteiger partial charge in [0, 0.05) is 31.5 Å². The van der Waals surface area contributed by atoms with Crippen molar-refractivity contribution < 1.29 is 0 Å². The van der Waals surface area contributed by atoms with Crippen LogP contribution in [0.25, 0.3) is 0 Å². The Hall–Kier alpha value is -1.88. The molecule has 0 bridgehead atoms. The minimum Gasteiger partial charge on any atom is -0.388 e. The van der Waals surface area contributed by atoms with Gasteiger partial charge < -0.3 is 5.32 Å². The van der Waals surface area contributed by atoms with Crippen molar-refractivity contribution in [2.75, 3.05) is 32.5 Å². The van der Waals surface area contributed by atoms with Crippen molar-refractivity contribution in [3.8, 4) is 0 Å². The van der Waals surface area contributed by atoms with Crippen LogP contribution in [0.5, 0.6) is 0 Å². The normalized spacial score (nSPS) is 23.4. The molecule has 1 heterocycles. The molecule has 1 aromatic rings. The predicted molar refractivity (Wildman–Crippen MR) is 103 cm³/mol. The molecule has 0 amide bonds. The van der Waals surface area contributed by atoms with Crippen LogP contribution in [0.2, 0.25) is 0 Å². The summed E-state index contributed by atoms with van der Waals surface area (Å²) in [4.78, 5) is 2.61. The summed E-state index contributed by atoms with van der Waals surface area (Å²) in [5, 5.41) is 13.5. The quantitative estimate of drug-likeness (QED) is 0.812. The number of hydrogen-bond donors (Lipinski definition) is 1. The Balaban J connectivity index is 1.78. The molecule has 1 saturated carbocycles. The highest BCUT2D eigenvalue weighted by molar-refractivity contribution is 5.43. The lowest BCUT2D eigenvalue weighted by atomic mass is 9.81. The van der Waals surface area contributed by atoms with Crippen molar-refractivity contribution in [1.82, 2.24) is 9.91 Å². The number of hydrogen-bond acceptors (Lipinski definition) is 4. The summed E-state index contributed by atoms with van der Waals surface area (Å²) >= 11 is 0. The molecule has 2 aliphatic rings. The van der Waals surface area contributed by atoms with Gasteiger partial charge in [-0.3, -0.25) is 4.90 Å². The summed E-state index contributed by atoms with van der Waals surface area (Å²) in [7, 11) is 3.69. The van der Waals surface area contributed by atoms with Gasteiger partial charge in [0.1, 0.15) is 0 Å². The molecule has 1 saturated heterocycles. The van der Waals surface area contributed by atoms with E-state index in [2.05, 4.69) is 51.4 Å². The molecule has 3 rings (SSSR count). The van der Waals surface area contributed by atoms with Gasteiger partial charge in [-0.15, -0.1) is 0 Å². The molecule has 0 radical (unpaired) electrons. The minimum absolute atomic E-state index is 0.378. The second kappa shape index (κ2) is 8.48. The van der Waals surface area contributed by atoms with Crippen molar-refractivity contribution in [2.24, 2.45) is 16.3 Å². The third kappa shape index (κ3) is 4.21. The number of piperazine rings is 1. The van der Waals surface area contributed by atoms with E-state index in [0.29, 0.717) is 12.0 Å². The van der Waals surface area contributed by atoms with Crippen molar-refractivity contribution >= 4 is 5.69 Å². The first kappa shape index (κ1) is 17.9. The van der Waals surface area contributed by atoms with E-state index in [0.717, 1.165) is 31.0 Å². The Kier molecular flexibility index (Phi) is 6.08. The Morgan fingerprint density at radius 3 is 2.48 bits per heavy atom. The lowest BCUT2D eigenvalue weighted by Gasteiger charge is -2.46. The molecule has 5 nitrogen and oxygen atoms in total. The zero-order chi connectivity index (χ0) is 17.6. The molecule has 25 heavy (non-hydrogen) atoms. The smallest absolute Gasteiger partial charge is 0.0557 e. The zero-order valence-electron chi connectivity index (χ0n) is 15.6. The summed E-state index contributed by atoms with van der Waals surface area (Å²) in [6.07, 6.45) is 6.66. The van der Waals surface area contributed by atoms with Crippen molar-refractivity contribution in [3.05, 3.63) is 42.1 Å².